The van der Waals surface area contributed by atoms with Crippen LogP contribution in [0.4, 0.5) is 0 Å². The Balaban J connectivity index is 3.74. The summed E-state index contributed by atoms with van der Waals surface area (Å²) in [5, 5.41) is 0. The summed E-state index contributed by atoms with van der Waals surface area (Å²) < 4.78 is 10.7. The van der Waals surface area contributed by atoms with Crippen molar-refractivity contribution in [3.8, 4) is 0 Å². The molecule has 1 unspecified atom stereocenters. The van der Waals surface area contributed by atoms with Crippen molar-refractivity contribution in [2.24, 2.45) is 0 Å². The Morgan fingerprint density at radius 1 is 1.21 bits per heavy atom. The largest absolute Gasteiger partial charge is 0.353 e. The second-order valence-corrected chi connectivity index (χ2v) is 4.10. The summed E-state index contributed by atoms with van der Waals surface area (Å²) in [5.41, 5.74) is 0. The molecule has 14 heavy (non-hydrogen) atoms. The van der Waals surface area contributed by atoms with Crippen LogP contribution in [0.3, 0.4) is 0 Å². The van der Waals surface area contributed by atoms with Crippen LogP contribution >= 0.6 is 15.9 Å². The number of halogens is 1. The average molecular weight is 267 g/mol. The monoisotopic (exact) mass is 266 g/mol. The standard InChI is InChI=1S/C10H19BrO3/c1-4-13-10(14-5-2)7-6-9(11)8(3)12/h9-10H,4-7H2,1-3H3. The van der Waals surface area contributed by atoms with Gasteiger partial charge in [-0.1, -0.05) is 15.9 Å². The first-order chi connectivity index (χ1) is 6.61. The van der Waals surface area contributed by atoms with E-state index in [0.717, 1.165) is 12.8 Å². The number of ether oxygens (including phenoxy) is 2. The topological polar surface area (TPSA) is 35.5 Å². The van der Waals surface area contributed by atoms with Gasteiger partial charge in [-0.3, -0.25) is 4.79 Å². The third-order valence-corrected chi connectivity index (χ3v) is 2.90. The summed E-state index contributed by atoms with van der Waals surface area (Å²) in [5.74, 6) is 0.150. The fraction of sp³-hybridized carbons (Fsp3) is 0.900. The molecule has 0 aromatic carbocycles. The van der Waals surface area contributed by atoms with E-state index in [1.165, 1.54) is 0 Å². The van der Waals surface area contributed by atoms with Crippen LogP contribution < -0.4 is 0 Å². The van der Waals surface area contributed by atoms with Crippen LogP contribution in [0.25, 0.3) is 0 Å². The number of alkyl halides is 1. The van der Waals surface area contributed by atoms with Crippen LogP contribution in [0, 0.1) is 0 Å². The van der Waals surface area contributed by atoms with Gasteiger partial charge in [-0.15, -0.1) is 0 Å². The van der Waals surface area contributed by atoms with Crippen molar-refractivity contribution in [1.29, 1.82) is 0 Å². The molecule has 0 fully saturated rings. The Kier molecular flexibility index (Phi) is 8.43. The van der Waals surface area contributed by atoms with Crippen molar-refractivity contribution < 1.29 is 14.3 Å². The summed E-state index contributed by atoms with van der Waals surface area (Å²) in [6.07, 6.45) is 1.32. The zero-order chi connectivity index (χ0) is 11.0. The van der Waals surface area contributed by atoms with E-state index in [1.54, 1.807) is 6.92 Å². The first kappa shape index (κ1) is 14.1. The van der Waals surface area contributed by atoms with Gasteiger partial charge in [-0.25, -0.2) is 0 Å². The summed E-state index contributed by atoms with van der Waals surface area (Å²) in [6, 6.07) is 0. The fourth-order valence-corrected chi connectivity index (χ4v) is 1.34. The van der Waals surface area contributed by atoms with E-state index in [9.17, 15) is 4.79 Å². The Morgan fingerprint density at radius 3 is 2.07 bits per heavy atom. The number of hydrogen-bond donors (Lipinski definition) is 0. The molecular weight excluding hydrogens is 248 g/mol. The lowest BCUT2D eigenvalue weighted by Crippen LogP contribution is -2.20. The van der Waals surface area contributed by atoms with Gasteiger partial charge in [-0.2, -0.15) is 0 Å². The molecule has 0 aliphatic rings. The lowest BCUT2D eigenvalue weighted by atomic mass is 10.2. The molecule has 0 aliphatic carbocycles. The Labute approximate surface area is 94.3 Å². The van der Waals surface area contributed by atoms with Gasteiger partial charge in [0.2, 0.25) is 0 Å². The summed E-state index contributed by atoms with van der Waals surface area (Å²) in [6.45, 7) is 6.72. The minimum Gasteiger partial charge on any atom is -0.353 e. The van der Waals surface area contributed by atoms with Crippen molar-refractivity contribution in [3.05, 3.63) is 0 Å². The third kappa shape index (κ3) is 6.51. The molecule has 0 radical (unpaired) electrons. The highest BCUT2D eigenvalue weighted by atomic mass is 79.9. The lowest BCUT2D eigenvalue weighted by molar-refractivity contribution is -0.140. The summed E-state index contributed by atoms with van der Waals surface area (Å²) >= 11 is 3.31. The van der Waals surface area contributed by atoms with E-state index < -0.39 is 0 Å². The van der Waals surface area contributed by atoms with E-state index in [2.05, 4.69) is 15.9 Å². The molecule has 0 saturated heterocycles. The summed E-state index contributed by atoms with van der Waals surface area (Å²) in [4.78, 5) is 10.9. The molecule has 1 atom stereocenters. The number of carbonyl (C=O) groups excluding carboxylic acids is 1. The van der Waals surface area contributed by atoms with Crippen molar-refractivity contribution >= 4 is 21.7 Å². The van der Waals surface area contributed by atoms with Crippen LogP contribution in [0.2, 0.25) is 0 Å². The zero-order valence-corrected chi connectivity index (χ0v) is 10.7. The van der Waals surface area contributed by atoms with E-state index >= 15 is 0 Å². The van der Waals surface area contributed by atoms with Gasteiger partial charge in [0.05, 0.1) is 4.83 Å². The maximum absolute atomic E-state index is 10.9. The predicted molar refractivity (Wildman–Crippen MR) is 59.7 cm³/mol. The second kappa shape index (κ2) is 8.38. The second-order valence-electron chi connectivity index (χ2n) is 3.00. The molecule has 0 rings (SSSR count). The fourth-order valence-electron chi connectivity index (χ4n) is 1.07. The number of Topliss-reactive ketones (excluding diaryl/α,β-unsaturated/α-hetero) is 1. The molecule has 0 N–H and O–H groups in total. The van der Waals surface area contributed by atoms with E-state index in [-0.39, 0.29) is 16.9 Å². The normalized spacial score (nSPS) is 13.2. The van der Waals surface area contributed by atoms with Crippen molar-refractivity contribution in [2.75, 3.05) is 13.2 Å². The van der Waals surface area contributed by atoms with Gasteiger partial charge in [0.1, 0.15) is 5.78 Å². The zero-order valence-electron chi connectivity index (χ0n) is 9.09. The first-order valence-corrected chi connectivity index (χ1v) is 5.91. The van der Waals surface area contributed by atoms with Gasteiger partial charge in [-0.05, 0) is 33.6 Å². The number of carbonyl (C=O) groups is 1. The van der Waals surface area contributed by atoms with Crippen LogP contribution in [-0.2, 0) is 14.3 Å². The molecular formula is C10H19BrO3. The molecule has 0 aliphatic heterocycles. The highest BCUT2D eigenvalue weighted by Gasteiger charge is 2.14. The lowest BCUT2D eigenvalue weighted by Gasteiger charge is -2.17. The Morgan fingerprint density at radius 2 is 1.71 bits per heavy atom. The minimum absolute atomic E-state index is 0.0779. The molecule has 0 saturated carbocycles. The Bertz CT molecular complexity index is 155. The smallest absolute Gasteiger partial charge is 0.157 e. The van der Waals surface area contributed by atoms with Crippen molar-refractivity contribution in [2.45, 2.75) is 44.7 Å². The molecule has 0 heterocycles. The van der Waals surface area contributed by atoms with Gasteiger partial charge in [0.25, 0.3) is 0 Å². The molecule has 4 heteroatoms. The highest BCUT2D eigenvalue weighted by molar-refractivity contribution is 9.10. The van der Waals surface area contributed by atoms with Crippen molar-refractivity contribution in [1.82, 2.24) is 0 Å². The summed E-state index contributed by atoms with van der Waals surface area (Å²) in [7, 11) is 0. The van der Waals surface area contributed by atoms with Gasteiger partial charge >= 0.3 is 0 Å². The van der Waals surface area contributed by atoms with Crippen LogP contribution in [0.5, 0.6) is 0 Å². The predicted octanol–water partition coefficient (Wildman–Crippen LogP) is 2.52. The first-order valence-electron chi connectivity index (χ1n) is 4.99. The molecule has 0 spiro atoms. The molecule has 0 aromatic heterocycles. The van der Waals surface area contributed by atoms with Gasteiger partial charge in [0, 0.05) is 13.2 Å². The highest BCUT2D eigenvalue weighted by Crippen LogP contribution is 2.13. The van der Waals surface area contributed by atoms with E-state index in [1.807, 2.05) is 13.8 Å². The number of ketones is 1. The average Bonchev–Trinajstić information content (AvgIpc) is 2.14. The van der Waals surface area contributed by atoms with Crippen LogP contribution in [0.15, 0.2) is 0 Å². The molecule has 0 amide bonds. The molecule has 0 aromatic rings. The maximum atomic E-state index is 10.9. The number of rotatable bonds is 8. The van der Waals surface area contributed by atoms with Crippen LogP contribution in [-0.4, -0.2) is 30.1 Å². The van der Waals surface area contributed by atoms with E-state index in [4.69, 9.17) is 9.47 Å². The molecule has 3 nitrogen and oxygen atoms in total. The van der Waals surface area contributed by atoms with Gasteiger partial charge in [0.15, 0.2) is 6.29 Å². The van der Waals surface area contributed by atoms with Crippen LogP contribution in [0.1, 0.15) is 33.6 Å². The maximum Gasteiger partial charge on any atom is 0.157 e. The molecule has 84 valence electrons. The number of hydrogen-bond acceptors (Lipinski definition) is 3. The minimum atomic E-state index is -0.176. The third-order valence-electron chi connectivity index (χ3n) is 1.80. The van der Waals surface area contributed by atoms with Gasteiger partial charge < -0.3 is 9.47 Å². The molecule has 0 bridgehead atoms. The van der Waals surface area contributed by atoms with Crippen molar-refractivity contribution in [3.63, 3.8) is 0 Å². The van der Waals surface area contributed by atoms with E-state index in [0.29, 0.717) is 13.2 Å². The quantitative estimate of drug-likeness (QED) is 0.500. The SMILES string of the molecule is CCOC(CCC(Br)C(C)=O)OCC. The Hall–Kier alpha value is 0.0700.